The monoisotopic (exact) mass is 219 g/mol. The summed E-state index contributed by atoms with van der Waals surface area (Å²) in [5.41, 5.74) is 7.68. The molecule has 0 aliphatic rings. The maximum atomic E-state index is 10.7. The summed E-state index contributed by atoms with van der Waals surface area (Å²) >= 11 is 0. The van der Waals surface area contributed by atoms with E-state index in [0.717, 1.165) is 17.5 Å². The molecule has 1 unspecified atom stereocenters. The molecule has 0 aliphatic heterocycles. The average molecular weight is 219 g/mol. The Labute approximate surface area is 92.4 Å². The van der Waals surface area contributed by atoms with Crippen LogP contribution in [0.3, 0.4) is 0 Å². The van der Waals surface area contributed by atoms with Crippen molar-refractivity contribution in [2.45, 2.75) is 19.4 Å². The van der Waals surface area contributed by atoms with E-state index in [0.29, 0.717) is 5.39 Å². The van der Waals surface area contributed by atoms with Gasteiger partial charge < -0.3 is 10.7 Å². The van der Waals surface area contributed by atoms with Gasteiger partial charge in [0.05, 0.1) is 22.0 Å². The fraction of sp³-hybridized carbons (Fsp3) is 0.273. The van der Waals surface area contributed by atoms with Crippen molar-refractivity contribution in [2.75, 3.05) is 0 Å². The molecule has 1 atom stereocenters. The number of aromatic amines is 1. The van der Waals surface area contributed by atoms with Crippen LogP contribution in [0.4, 0.5) is 5.69 Å². The molecule has 2 aromatic rings. The van der Waals surface area contributed by atoms with E-state index in [1.165, 1.54) is 6.20 Å². The highest BCUT2D eigenvalue weighted by Crippen LogP contribution is 2.25. The molecule has 5 heteroatoms. The Bertz CT molecular complexity index is 531. The molecule has 16 heavy (non-hydrogen) atoms. The summed E-state index contributed by atoms with van der Waals surface area (Å²) in [6, 6.07) is 5.64. The molecule has 1 aromatic carbocycles. The topological polar surface area (TPSA) is 84.9 Å². The number of hydrogen-bond acceptors (Lipinski definition) is 3. The lowest BCUT2D eigenvalue weighted by Gasteiger charge is -2.04. The third kappa shape index (κ3) is 1.90. The van der Waals surface area contributed by atoms with Crippen molar-refractivity contribution in [3.8, 4) is 0 Å². The smallest absolute Gasteiger partial charge is 0.294 e. The first-order valence-corrected chi connectivity index (χ1v) is 5.08. The van der Waals surface area contributed by atoms with Gasteiger partial charge in [-0.05, 0) is 31.0 Å². The van der Waals surface area contributed by atoms with Crippen molar-refractivity contribution in [3.63, 3.8) is 0 Å². The summed E-state index contributed by atoms with van der Waals surface area (Å²) in [5, 5.41) is 11.3. The zero-order valence-electron chi connectivity index (χ0n) is 8.93. The second kappa shape index (κ2) is 3.94. The third-order valence-electron chi connectivity index (χ3n) is 2.48. The second-order valence-corrected chi connectivity index (χ2v) is 3.99. The van der Waals surface area contributed by atoms with Gasteiger partial charge in [-0.3, -0.25) is 10.1 Å². The molecule has 5 nitrogen and oxygen atoms in total. The predicted octanol–water partition coefficient (Wildman–Crippen LogP) is 1.97. The minimum Gasteiger partial charge on any atom is -0.355 e. The van der Waals surface area contributed by atoms with Gasteiger partial charge >= 0.3 is 0 Å². The fourth-order valence-electron chi connectivity index (χ4n) is 1.81. The van der Waals surface area contributed by atoms with Crippen molar-refractivity contribution >= 4 is 16.6 Å². The normalized spacial score (nSPS) is 12.9. The number of rotatable bonds is 3. The summed E-state index contributed by atoms with van der Waals surface area (Å²) in [5.74, 6) is 0. The lowest BCUT2D eigenvalue weighted by Crippen LogP contribution is -2.17. The van der Waals surface area contributed by atoms with Gasteiger partial charge in [-0.15, -0.1) is 0 Å². The van der Waals surface area contributed by atoms with Crippen LogP contribution >= 0.6 is 0 Å². The van der Waals surface area contributed by atoms with Gasteiger partial charge in [0.25, 0.3) is 5.69 Å². The Morgan fingerprint density at radius 1 is 1.56 bits per heavy atom. The molecule has 1 heterocycles. The SMILES string of the molecule is CC(N)Cc1ccc2c([N+](=O)[O-])c[nH]c2c1. The number of H-pyrrole nitrogens is 1. The van der Waals surface area contributed by atoms with Crippen LogP contribution in [0, 0.1) is 10.1 Å². The first-order valence-electron chi connectivity index (χ1n) is 5.08. The number of benzene rings is 1. The van der Waals surface area contributed by atoms with Crippen LogP contribution in [0.5, 0.6) is 0 Å². The molecule has 0 aliphatic carbocycles. The first kappa shape index (κ1) is 10.6. The molecular weight excluding hydrogens is 206 g/mol. The highest BCUT2D eigenvalue weighted by Gasteiger charge is 2.13. The number of fused-ring (bicyclic) bond motifs is 1. The third-order valence-corrected chi connectivity index (χ3v) is 2.48. The van der Waals surface area contributed by atoms with Gasteiger partial charge in [-0.25, -0.2) is 0 Å². The summed E-state index contributed by atoms with van der Waals surface area (Å²) < 4.78 is 0. The number of nitrogens with one attached hydrogen (secondary N) is 1. The highest BCUT2D eigenvalue weighted by atomic mass is 16.6. The zero-order chi connectivity index (χ0) is 11.7. The van der Waals surface area contributed by atoms with Gasteiger partial charge in [-0.2, -0.15) is 0 Å². The van der Waals surface area contributed by atoms with Crippen molar-refractivity contribution in [1.82, 2.24) is 4.98 Å². The Morgan fingerprint density at radius 2 is 2.31 bits per heavy atom. The van der Waals surface area contributed by atoms with Gasteiger partial charge in [0, 0.05) is 6.04 Å². The van der Waals surface area contributed by atoms with E-state index in [9.17, 15) is 10.1 Å². The molecule has 0 fully saturated rings. The summed E-state index contributed by atoms with van der Waals surface area (Å²) in [6.45, 7) is 1.93. The average Bonchev–Trinajstić information content (AvgIpc) is 2.59. The number of nitro groups is 1. The summed E-state index contributed by atoms with van der Waals surface area (Å²) in [6.07, 6.45) is 2.18. The Hall–Kier alpha value is -1.88. The quantitative estimate of drug-likeness (QED) is 0.611. The highest BCUT2D eigenvalue weighted by molar-refractivity contribution is 5.89. The van der Waals surface area contributed by atoms with Gasteiger partial charge in [0.15, 0.2) is 0 Å². The van der Waals surface area contributed by atoms with Crippen LogP contribution in [0.1, 0.15) is 12.5 Å². The Morgan fingerprint density at radius 3 is 2.94 bits per heavy atom. The van der Waals surface area contributed by atoms with Gasteiger partial charge in [0.1, 0.15) is 0 Å². The van der Waals surface area contributed by atoms with Crippen molar-refractivity contribution < 1.29 is 4.92 Å². The van der Waals surface area contributed by atoms with E-state index < -0.39 is 0 Å². The van der Waals surface area contributed by atoms with E-state index in [-0.39, 0.29) is 16.7 Å². The molecule has 1 aromatic heterocycles. The van der Waals surface area contributed by atoms with Crippen LogP contribution < -0.4 is 5.73 Å². The van der Waals surface area contributed by atoms with Crippen LogP contribution in [-0.2, 0) is 6.42 Å². The molecular formula is C11H13N3O2. The lowest BCUT2D eigenvalue weighted by atomic mass is 10.1. The van der Waals surface area contributed by atoms with Gasteiger partial charge in [-0.1, -0.05) is 6.07 Å². The van der Waals surface area contributed by atoms with Crippen LogP contribution in [0.25, 0.3) is 10.9 Å². The molecule has 0 spiro atoms. The summed E-state index contributed by atoms with van der Waals surface area (Å²) in [7, 11) is 0. The molecule has 2 rings (SSSR count). The van der Waals surface area contributed by atoms with E-state index in [1.807, 2.05) is 19.1 Å². The molecule has 84 valence electrons. The molecule has 0 amide bonds. The van der Waals surface area contributed by atoms with Crippen LogP contribution in [0.2, 0.25) is 0 Å². The molecule has 0 saturated heterocycles. The zero-order valence-corrected chi connectivity index (χ0v) is 8.93. The maximum Gasteiger partial charge on any atom is 0.294 e. The van der Waals surface area contributed by atoms with Crippen LogP contribution in [-0.4, -0.2) is 15.9 Å². The predicted molar refractivity (Wildman–Crippen MR) is 62.3 cm³/mol. The second-order valence-electron chi connectivity index (χ2n) is 3.99. The van der Waals surface area contributed by atoms with Crippen molar-refractivity contribution in [2.24, 2.45) is 5.73 Å². The minimum atomic E-state index is -0.385. The van der Waals surface area contributed by atoms with E-state index in [1.54, 1.807) is 6.07 Å². The molecule has 0 saturated carbocycles. The van der Waals surface area contributed by atoms with Gasteiger partial charge in [0.2, 0.25) is 0 Å². The Kier molecular flexibility index (Phi) is 2.62. The van der Waals surface area contributed by atoms with Crippen LogP contribution in [0.15, 0.2) is 24.4 Å². The fourth-order valence-corrected chi connectivity index (χ4v) is 1.81. The number of nitrogens with two attached hydrogens (primary N) is 1. The summed E-state index contributed by atoms with van der Waals surface area (Å²) in [4.78, 5) is 13.2. The van der Waals surface area contributed by atoms with Crippen molar-refractivity contribution in [1.29, 1.82) is 0 Å². The maximum absolute atomic E-state index is 10.7. The lowest BCUT2D eigenvalue weighted by molar-refractivity contribution is -0.383. The largest absolute Gasteiger partial charge is 0.355 e. The molecule has 3 N–H and O–H groups in total. The van der Waals surface area contributed by atoms with E-state index >= 15 is 0 Å². The van der Waals surface area contributed by atoms with Crippen molar-refractivity contribution in [3.05, 3.63) is 40.1 Å². The standard InChI is InChI=1S/C11H13N3O2/c1-7(12)4-8-2-3-9-10(5-8)13-6-11(9)14(15)16/h2-3,5-7,13H,4,12H2,1H3. The number of nitrogens with zero attached hydrogens (tertiary/aromatic N) is 1. The molecule has 0 radical (unpaired) electrons. The Balaban J connectivity index is 2.45. The number of hydrogen-bond donors (Lipinski definition) is 2. The number of aromatic nitrogens is 1. The molecule has 0 bridgehead atoms. The van der Waals surface area contributed by atoms with E-state index in [4.69, 9.17) is 5.73 Å². The van der Waals surface area contributed by atoms with E-state index in [2.05, 4.69) is 4.98 Å². The first-order chi connectivity index (χ1) is 7.58. The minimum absolute atomic E-state index is 0.0856.